The molecule has 0 bridgehead atoms. The molecule has 1 saturated heterocycles. The van der Waals surface area contributed by atoms with E-state index in [-0.39, 0.29) is 0 Å². The first-order valence-corrected chi connectivity index (χ1v) is 7.70. The third kappa shape index (κ3) is 2.26. The first-order chi connectivity index (χ1) is 8.23. The first kappa shape index (κ1) is 12.0. The Labute approximate surface area is 106 Å². The van der Waals surface area contributed by atoms with Gasteiger partial charge in [0.05, 0.1) is 0 Å². The van der Waals surface area contributed by atoms with Crippen LogP contribution >= 0.6 is 0 Å². The highest BCUT2D eigenvalue weighted by Crippen LogP contribution is 2.44. The number of likely N-dealkylation sites (tertiary alicyclic amines) is 1. The van der Waals surface area contributed by atoms with Gasteiger partial charge in [-0.3, -0.25) is 4.90 Å². The van der Waals surface area contributed by atoms with Crippen LogP contribution in [0.4, 0.5) is 0 Å². The van der Waals surface area contributed by atoms with Crippen LogP contribution in [0.15, 0.2) is 0 Å². The summed E-state index contributed by atoms with van der Waals surface area (Å²) in [6, 6.07) is 0.871. The molecule has 0 aromatic rings. The molecule has 1 aliphatic heterocycles. The Kier molecular flexibility index (Phi) is 3.20. The van der Waals surface area contributed by atoms with E-state index in [1.165, 1.54) is 57.9 Å². The van der Waals surface area contributed by atoms with Crippen molar-refractivity contribution in [3.63, 3.8) is 0 Å². The lowest BCUT2D eigenvalue weighted by molar-refractivity contribution is 0.0567. The van der Waals surface area contributed by atoms with E-state index in [0.717, 1.165) is 24.4 Å². The molecule has 2 N–H and O–H groups in total. The van der Waals surface area contributed by atoms with Crippen molar-refractivity contribution in [2.75, 3.05) is 13.1 Å². The molecule has 3 rings (SSSR count). The number of nitrogens with two attached hydrogens (primary N) is 1. The van der Waals surface area contributed by atoms with Gasteiger partial charge < -0.3 is 5.73 Å². The summed E-state index contributed by atoms with van der Waals surface area (Å²) in [5, 5.41) is 0. The monoisotopic (exact) mass is 236 g/mol. The number of rotatable bonds is 4. The lowest BCUT2D eigenvalue weighted by Gasteiger charge is -2.44. The lowest BCUT2D eigenvalue weighted by Crippen LogP contribution is -2.55. The van der Waals surface area contributed by atoms with E-state index in [2.05, 4.69) is 11.8 Å². The van der Waals surface area contributed by atoms with Crippen LogP contribution in [0.25, 0.3) is 0 Å². The zero-order valence-electron chi connectivity index (χ0n) is 11.3. The van der Waals surface area contributed by atoms with Gasteiger partial charge in [-0.25, -0.2) is 0 Å². The van der Waals surface area contributed by atoms with Crippen LogP contribution in [0.1, 0.15) is 58.3 Å². The van der Waals surface area contributed by atoms with Gasteiger partial charge in [0, 0.05) is 18.1 Å². The van der Waals surface area contributed by atoms with E-state index in [1.54, 1.807) is 0 Å². The minimum absolute atomic E-state index is 0.303. The van der Waals surface area contributed by atoms with Gasteiger partial charge in [0.2, 0.25) is 0 Å². The topological polar surface area (TPSA) is 29.3 Å². The molecule has 2 saturated carbocycles. The van der Waals surface area contributed by atoms with Crippen LogP contribution in [0.5, 0.6) is 0 Å². The summed E-state index contributed by atoms with van der Waals surface area (Å²) in [7, 11) is 0. The molecule has 0 spiro atoms. The highest BCUT2D eigenvalue weighted by molar-refractivity contribution is 5.01. The highest BCUT2D eigenvalue weighted by Gasteiger charge is 2.45. The molecule has 0 radical (unpaired) electrons. The Morgan fingerprint density at radius 2 is 1.88 bits per heavy atom. The summed E-state index contributed by atoms with van der Waals surface area (Å²) in [4.78, 5) is 2.81. The lowest BCUT2D eigenvalue weighted by atomic mass is 9.83. The Morgan fingerprint density at radius 3 is 2.59 bits per heavy atom. The maximum Gasteiger partial charge on any atom is 0.0309 e. The fourth-order valence-corrected chi connectivity index (χ4v) is 4.34. The molecule has 98 valence electrons. The average molecular weight is 236 g/mol. The maximum atomic E-state index is 6.14. The van der Waals surface area contributed by atoms with Crippen LogP contribution in [-0.2, 0) is 0 Å². The Balaban J connectivity index is 1.72. The fourth-order valence-electron chi connectivity index (χ4n) is 4.34. The van der Waals surface area contributed by atoms with Crippen molar-refractivity contribution >= 4 is 0 Å². The highest BCUT2D eigenvalue weighted by atomic mass is 15.3. The first-order valence-electron chi connectivity index (χ1n) is 7.70. The summed E-state index contributed by atoms with van der Waals surface area (Å²) in [6.07, 6.45) is 11.5. The average Bonchev–Trinajstić information content (AvgIpc) is 3.05. The summed E-state index contributed by atoms with van der Waals surface area (Å²) in [5.74, 6) is 1.99. The predicted octanol–water partition coefficient (Wildman–Crippen LogP) is 2.77. The van der Waals surface area contributed by atoms with E-state index in [9.17, 15) is 0 Å². The van der Waals surface area contributed by atoms with Crippen molar-refractivity contribution < 1.29 is 0 Å². The van der Waals surface area contributed by atoms with Crippen LogP contribution < -0.4 is 5.73 Å². The summed E-state index contributed by atoms with van der Waals surface area (Å²) in [5.41, 5.74) is 6.45. The molecular weight excluding hydrogens is 208 g/mol. The van der Waals surface area contributed by atoms with Crippen LogP contribution in [-0.4, -0.2) is 29.6 Å². The fraction of sp³-hybridized carbons (Fsp3) is 1.00. The van der Waals surface area contributed by atoms with Crippen molar-refractivity contribution in [3.05, 3.63) is 0 Å². The summed E-state index contributed by atoms with van der Waals surface area (Å²) >= 11 is 0. The molecule has 0 amide bonds. The molecule has 0 aromatic heterocycles. The third-order valence-corrected chi connectivity index (χ3v) is 5.57. The number of nitrogens with zero attached hydrogens (tertiary/aromatic N) is 1. The molecule has 3 aliphatic rings. The number of hydrogen-bond donors (Lipinski definition) is 1. The smallest absolute Gasteiger partial charge is 0.0309 e. The van der Waals surface area contributed by atoms with E-state index < -0.39 is 0 Å². The standard InChI is InChI=1S/C15H28N2/c1-15(11-16,10-12-6-7-12)17-9-8-13-4-2-3-5-14(13)17/h12-14H,2-11,16H2,1H3. The molecule has 1 heterocycles. The number of hydrogen-bond acceptors (Lipinski definition) is 2. The van der Waals surface area contributed by atoms with Crippen molar-refractivity contribution in [1.29, 1.82) is 0 Å². The second-order valence-corrected chi connectivity index (χ2v) is 6.94. The van der Waals surface area contributed by atoms with Gasteiger partial charge in [0.25, 0.3) is 0 Å². The molecule has 2 heteroatoms. The molecule has 3 fully saturated rings. The van der Waals surface area contributed by atoms with Crippen LogP contribution in [0.2, 0.25) is 0 Å². The third-order valence-electron chi connectivity index (χ3n) is 5.57. The van der Waals surface area contributed by atoms with Gasteiger partial charge in [-0.15, -0.1) is 0 Å². The Bertz CT molecular complexity index is 274. The molecule has 0 aromatic carbocycles. The van der Waals surface area contributed by atoms with E-state index in [1.807, 2.05) is 0 Å². The zero-order valence-corrected chi connectivity index (χ0v) is 11.3. The van der Waals surface area contributed by atoms with Gasteiger partial charge in [-0.05, 0) is 51.0 Å². The largest absolute Gasteiger partial charge is 0.329 e. The Morgan fingerprint density at radius 1 is 1.12 bits per heavy atom. The minimum Gasteiger partial charge on any atom is -0.329 e. The maximum absolute atomic E-state index is 6.14. The molecule has 17 heavy (non-hydrogen) atoms. The predicted molar refractivity (Wildman–Crippen MR) is 71.9 cm³/mol. The Hall–Kier alpha value is -0.0800. The molecular formula is C15H28N2. The molecule has 3 unspecified atom stereocenters. The molecule has 2 aliphatic carbocycles. The van der Waals surface area contributed by atoms with E-state index in [4.69, 9.17) is 5.73 Å². The van der Waals surface area contributed by atoms with Crippen molar-refractivity contribution in [3.8, 4) is 0 Å². The normalized spacial score (nSPS) is 37.8. The SMILES string of the molecule is CC(CN)(CC1CC1)N1CCC2CCCCC21. The van der Waals surface area contributed by atoms with Crippen LogP contribution in [0, 0.1) is 11.8 Å². The van der Waals surface area contributed by atoms with Gasteiger partial charge >= 0.3 is 0 Å². The van der Waals surface area contributed by atoms with Crippen LogP contribution in [0.3, 0.4) is 0 Å². The van der Waals surface area contributed by atoms with Gasteiger partial charge in [0.1, 0.15) is 0 Å². The molecule has 3 atom stereocenters. The number of fused-ring (bicyclic) bond motifs is 1. The van der Waals surface area contributed by atoms with Crippen molar-refractivity contribution in [2.24, 2.45) is 17.6 Å². The van der Waals surface area contributed by atoms with Crippen molar-refractivity contribution in [2.45, 2.75) is 69.9 Å². The molecule has 2 nitrogen and oxygen atoms in total. The van der Waals surface area contributed by atoms with Gasteiger partial charge in [-0.1, -0.05) is 25.7 Å². The van der Waals surface area contributed by atoms with E-state index in [0.29, 0.717) is 5.54 Å². The van der Waals surface area contributed by atoms with Gasteiger partial charge in [-0.2, -0.15) is 0 Å². The van der Waals surface area contributed by atoms with E-state index >= 15 is 0 Å². The summed E-state index contributed by atoms with van der Waals surface area (Å²) in [6.45, 7) is 4.60. The van der Waals surface area contributed by atoms with Crippen molar-refractivity contribution in [1.82, 2.24) is 4.90 Å². The van der Waals surface area contributed by atoms with Gasteiger partial charge in [0.15, 0.2) is 0 Å². The summed E-state index contributed by atoms with van der Waals surface area (Å²) < 4.78 is 0. The quantitative estimate of drug-likeness (QED) is 0.813. The second-order valence-electron chi connectivity index (χ2n) is 6.94. The second kappa shape index (κ2) is 4.55. The zero-order chi connectivity index (χ0) is 11.9. The minimum atomic E-state index is 0.303.